The van der Waals surface area contributed by atoms with Crippen LogP contribution in [0.2, 0.25) is 0 Å². The number of carbonyl (C=O) groups excluding carboxylic acids is 3. The van der Waals surface area contributed by atoms with Gasteiger partial charge in [0.2, 0.25) is 0 Å². The number of fused-ring (bicyclic) bond motifs is 2. The second-order valence-corrected chi connectivity index (χ2v) is 8.59. The van der Waals surface area contributed by atoms with Gasteiger partial charge in [-0.25, -0.2) is 0 Å². The number of hydrogen-bond donors (Lipinski definition) is 0. The highest BCUT2D eigenvalue weighted by atomic mass is 16.6. The molecule has 0 aromatic rings. The van der Waals surface area contributed by atoms with Gasteiger partial charge in [-0.2, -0.15) is 0 Å². The van der Waals surface area contributed by atoms with Crippen molar-refractivity contribution in [2.75, 3.05) is 0 Å². The highest BCUT2D eigenvalue weighted by molar-refractivity contribution is 5.98. The number of carbonyl (C=O) groups is 3. The van der Waals surface area contributed by atoms with Gasteiger partial charge in [0.25, 0.3) is 0 Å². The normalized spacial score (nSPS) is 42.8. The standard InChI is InChI=1S/C20H28O5/c1-10(2)8-16(22)25-18-17-12(4)19(23)24-14(17)9-11(3)13-6-7-15(21)20(13,18)5/h6-7,10-14,17-18H,8-9H2,1-5H3/t11-,12-,13+,14-,17-,18?,20+/m1/s1. The molecule has 25 heavy (non-hydrogen) atoms. The maximum Gasteiger partial charge on any atom is 0.309 e. The molecule has 0 N–H and O–H groups in total. The van der Waals surface area contributed by atoms with Crippen LogP contribution in [0.15, 0.2) is 12.2 Å². The van der Waals surface area contributed by atoms with Crippen LogP contribution in [0.25, 0.3) is 0 Å². The Hall–Kier alpha value is -1.65. The van der Waals surface area contributed by atoms with Crippen LogP contribution >= 0.6 is 0 Å². The fourth-order valence-corrected chi connectivity index (χ4v) is 4.96. The van der Waals surface area contributed by atoms with E-state index >= 15 is 0 Å². The molecule has 0 amide bonds. The molecule has 1 aliphatic heterocycles. The third kappa shape index (κ3) is 2.81. The summed E-state index contributed by atoms with van der Waals surface area (Å²) in [6.07, 6.45) is 3.63. The number of rotatable bonds is 3. The maximum atomic E-state index is 12.8. The van der Waals surface area contributed by atoms with Gasteiger partial charge in [0, 0.05) is 12.3 Å². The lowest BCUT2D eigenvalue weighted by atomic mass is 9.66. The molecule has 1 saturated heterocycles. The summed E-state index contributed by atoms with van der Waals surface area (Å²) in [5, 5.41) is 0. The van der Waals surface area contributed by atoms with Crippen molar-refractivity contribution in [3.05, 3.63) is 12.2 Å². The van der Waals surface area contributed by atoms with Gasteiger partial charge in [-0.3, -0.25) is 14.4 Å². The van der Waals surface area contributed by atoms with Crippen LogP contribution in [0.5, 0.6) is 0 Å². The summed E-state index contributed by atoms with van der Waals surface area (Å²) in [6.45, 7) is 9.70. The van der Waals surface area contributed by atoms with Gasteiger partial charge in [0.05, 0.1) is 11.3 Å². The Balaban J connectivity index is 2.01. The predicted octanol–water partition coefficient (Wildman–Crippen LogP) is 2.92. The molecule has 5 heteroatoms. The minimum absolute atomic E-state index is 0.00616. The topological polar surface area (TPSA) is 69.7 Å². The monoisotopic (exact) mass is 348 g/mol. The van der Waals surface area contributed by atoms with Crippen molar-refractivity contribution in [1.82, 2.24) is 0 Å². The Morgan fingerprint density at radius 2 is 2.04 bits per heavy atom. The molecule has 138 valence electrons. The second-order valence-electron chi connectivity index (χ2n) is 8.59. The van der Waals surface area contributed by atoms with Gasteiger partial charge >= 0.3 is 11.9 Å². The maximum absolute atomic E-state index is 12.8. The number of ketones is 1. The van der Waals surface area contributed by atoms with E-state index in [1.54, 1.807) is 6.08 Å². The van der Waals surface area contributed by atoms with E-state index in [4.69, 9.17) is 9.47 Å². The van der Waals surface area contributed by atoms with Crippen LogP contribution in [0.3, 0.4) is 0 Å². The second kappa shape index (κ2) is 6.26. The van der Waals surface area contributed by atoms with Gasteiger partial charge < -0.3 is 9.47 Å². The minimum atomic E-state index is -0.826. The highest BCUT2D eigenvalue weighted by Crippen LogP contribution is 2.54. The van der Waals surface area contributed by atoms with Gasteiger partial charge in [0.15, 0.2) is 5.78 Å². The van der Waals surface area contributed by atoms with Crippen LogP contribution < -0.4 is 0 Å². The van der Waals surface area contributed by atoms with Crippen molar-refractivity contribution in [3.63, 3.8) is 0 Å². The Labute approximate surface area is 149 Å². The third-order valence-corrected chi connectivity index (χ3v) is 6.32. The van der Waals surface area contributed by atoms with Crippen molar-refractivity contribution >= 4 is 17.7 Å². The smallest absolute Gasteiger partial charge is 0.309 e. The number of ether oxygens (including phenoxy) is 2. The Morgan fingerprint density at radius 3 is 2.68 bits per heavy atom. The average Bonchev–Trinajstić information content (AvgIpc) is 2.92. The van der Waals surface area contributed by atoms with E-state index in [1.807, 2.05) is 33.8 Å². The summed E-state index contributed by atoms with van der Waals surface area (Å²) in [5.74, 6) is -0.887. The first-order valence-electron chi connectivity index (χ1n) is 9.28. The van der Waals surface area contributed by atoms with Crippen LogP contribution in [0.1, 0.15) is 47.5 Å². The molecule has 0 aromatic heterocycles. The number of hydrogen-bond acceptors (Lipinski definition) is 5. The van der Waals surface area contributed by atoms with Crippen LogP contribution in [0.4, 0.5) is 0 Å². The number of allylic oxidation sites excluding steroid dienone is 2. The van der Waals surface area contributed by atoms with Crippen molar-refractivity contribution in [1.29, 1.82) is 0 Å². The van der Waals surface area contributed by atoms with E-state index in [2.05, 4.69) is 6.92 Å². The summed E-state index contributed by atoms with van der Waals surface area (Å²) in [7, 11) is 0. The Morgan fingerprint density at radius 1 is 1.36 bits per heavy atom. The molecule has 2 aliphatic carbocycles. The summed E-state index contributed by atoms with van der Waals surface area (Å²) >= 11 is 0. The minimum Gasteiger partial charge on any atom is -0.462 e. The largest absolute Gasteiger partial charge is 0.462 e. The molecule has 1 heterocycles. The Bertz CT molecular complexity index is 622. The quantitative estimate of drug-likeness (QED) is 0.734. The molecule has 3 aliphatic rings. The van der Waals surface area contributed by atoms with Gasteiger partial charge in [-0.1, -0.05) is 33.8 Å². The average molecular weight is 348 g/mol. The molecule has 0 aromatic carbocycles. The van der Waals surface area contributed by atoms with Crippen molar-refractivity contribution in [2.24, 2.45) is 35.0 Å². The molecule has 7 atom stereocenters. The van der Waals surface area contributed by atoms with Crippen molar-refractivity contribution < 1.29 is 23.9 Å². The third-order valence-electron chi connectivity index (χ3n) is 6.32. The highest BCUT2D eigenvalue weighted by Gasteiger charge is 2.62. The zero-order chi connectivity index (χ0) is 18.5. The first-order chi connectivity index (χ1) is 11.7. The zero-order valence-corrected chi connectivity index (χ0v) is 15.7. The molecule has 0 spiro atoms. The van der Waals surface area contributed by atoms with Gasteiger partial charge in [-0.05, 0) is 37.2 Å². The zero-order valence-electron chi connectivity index (χ0n) is 15.7. The van der Waals surface area contributed by atoms with E-state index in [0.717, 1.165) is 0 Å². The van der Waals surface area contributed by atoms with Crippen LogP contribution in [0, 0.1) is 35.0 Å². The van der Waals surface area contributed by atoms with Crippen LogP contribution in [-0.4, -0.2) is 29.9 Å². The van der Waals surface area contributed by atoms with E-state index < -0.39 is 11.5 Å². The lowest BCUT2D eigenvalue weighted by molar-refractivity contribution is -0.168. The lowest BCUT2D eigenvalue weighted by Crippen LogP contribution is -2.50. The first kappa shape index (κ1) is 18.2. The first-order valence-corrected chi connectivity index (χ1v) is 9.28. The van der Waals surface area contributed by atoms with Crippen LogP contribution in [-0.2, 0) is 23.9 Å². The molecule has 1 unspecified atom stereocenters. The van der Waals surface area contributed by atoms with E-state index in [0.29, 0.717) is 12.8 Å². The summed E-state index contributed by atoms with van der Waals surface area (Å²) in [6, 6.07) is 0. The summed E-state index contributed by atoms with van der Waals surface area (Å²) in [5.41, 5.74) is -0.826. The molecule has 3 rings (SSSR count). The van der Waals surface area contributed by atoms with E-state index in [9.17, 15) is 14.4 Å². The van der Waals surface area contributed by atoms with Gasteiger partial charge in [-0.15, -0.1) is 0 Å². The van der Waals surface area contributed by atoms with Gasteiger partial charge in [0.1, 0.15) is 12.2 Å². The molecule has 0 bridgehead atoms. The summed E-state index contributed by atoms with van der Waals surface area (Å²) < 4.78 is 11.5. The van der Waals surface area contributed by atoms with Crippen molar-refractivity contribution in [3.8, 4) is 0 Å². The predicted molar refractivity (Wildman–Crippen MR) is 91.4 cm³/mol. The fourth-order valence-electron chi connectivity index (χ4n) is 4.96. The molecule has 5 nitrogen and oxygen atoms in total. The molecule has 0 radical (unpaired) electrons. The van der Waals surface area contributed by atoms with E-state index in [-0.39, 0.29) is 53.4 Å². The Kier molecular flexibility index (Phi) is 4.54. The SMILES string of the molecule is CC(C)CC(=O)OC1[C@H]2[C@@H](C[C@@H](C)[C@@H]3C=CC(=O)[C@@]13C)OC(=O)[C@@H]2C. The van der Waals surface area contributed by atoms with Crippen molar-refractivity contribution in [2.45, 2.75) is 59.7 Å². The molecular formula is C20H28O5. The lowest BCUT2D eigenvalue weighted by Gasteiger charge is -2.40. The van der Waals surface area contributed by atoms with E-state index in [1.165, 1.54) is 0 Å². The number of esters is 2. The molecular weight excluding hydrogens is 320 g/mol. The molecule has 2 fully saturated rings. The molecule has 1 saturated carbocycles. The summed E-state index contributed by atoms with van der Waals surface area (Å²) in [4.78, 5) is 37.4. The fraction of sp³-hybridized carbons (Fsp3) is 0.750.